The Bertz CT molecular complexity index is 456. The molecule has 0 aliphatic carbocycles. The highest BCUT2D eigenvalue weighted by Gasteiger charge is 2.26. The average Bonchev–Trinajstić information content (AvgIpc) is 2.33. The van der Waals surface area contributed by atoms with Crippen LogP contribution in [0.1, 0.15) is 54.6 Å². The summed E-state index contributed by atoms with van der Waals surface area (Å²) >= 11 is 0. The summed E-state index contributed by atoms with van der Waals surface area (Å²) in [7, 11) is 0. The van der Waals surface area contributed by atoms with Crippen molar-refractivity contribution in [2.75, 3.05) is 6.54 Å². The largest absolute Gasteiger partial charge is 0.293 e. The van der Waals surface area contributed by atoms with E-state index in [0.717, 1.165) is 11.1 Å². The van der Waals surface area contributed by atoms with Gasteiger partial charge < -0.3 is 0 Å². The Morgan fingerprint density at radius 3 is 2.42 bits per heavy atom. The molecule has 1 aliphatic heterocycles. The lowest BCUT2D eigenvalue weighted by atomic mass is 9.95. The Labute approximate surface area is 116 Å². The van der Waals surface area contributed by atoms with Crippen molar-refractivity contribution in [2.24, 2.45) is 0 Å². The van der Waals surface area contributed by atoms with Crippen molar-refractivity contribution in [3.05, 3.63) is 34.9 Å². The van der Waals surface area contributed by atoms with Gasteiger partial charge in [0.1, 0.15) is 0 Å². The van der Waals surface area contributed by atoms with Gasteiger partial charge in [-0.05, 0) is 46.1 Å². The normalized spacial score (nSPS) is 24.4. The van der Waals surface area contributed by atoms with Crippen molar-refractivity contribution in [3.63, 3.8) is 0 Å². The second kappa shape index (κ2) is 5.87. The lowest BCUT2D eigenvalue weighted by Gasteiger charge is -2.38. The summed E-state index contributed by atoms with van der Waals surface area (Å²) in [6, 6.07) is 7.16. The van der Waals surface area contributed by atoms with Gasteiger partial charge in [0.25, 0.3) is 0 Å². The zero-order chi connectivity index (χ0) is 14.0. The topological polar surface area (TPSA) is 20.3 Å². The van der Waals surface area contributed by atoms with Crippen LogP contribution in [0.5, 0.6) is 0 Å². The maximum absolute atomic E-state index is 12.5. The zero-order valence-electron chi connectivity index (χ0n) is 12.6. The number of hydrogen-bond donors (Lipinski definition) is 0. The fourth-order valence-corrected chi connectivity index (χ4v) is 3.16. The third kappa shape index (κ3) is 3.24. The lowest BCUT2D eigenvalue weighted by molar-refractivity contribution is 0.0734. The molecule has 0 spiro atoms. The Morgan fingerprint density at radius 1 is 1.21 bits per heavy atom. The molecule has 2 nitrogen and oxygen atoms in total. The van der Waals surface area contributed by atoms with E-state index in [-0.39, 0.29) is 5.78 Å². The number of benzene rings is 1. The van der Waals surface area contributed by atoms with Crippen molar-refractivity contribution < 1.29 is 4.79 Å². The van der Waals surface area contributed by atoms with E-state index in [2.05, 4.69) is 31.7 Å². The zero-order valence-corrected chi connectivity index (χ0v) is 12.6. The van der Waals surface area contributed by atoms with Crippen LogP contribution < -0.4 is 0 Å². The van der Waals surface area contributed by atoms with Gasteiger partial charge in [0, 0.05) is 17.6 Å². The molecule has 0 saturated carbocycles. The molecule has 0 amide bonds. The van der Waals surface area contributed by atoms with Gasteiger partial charge in [-0.3, -0.25) is 9.69 Å². The summed E-state index contributed by atoms with van der Waals surface area (Å²) in [6.45, 7) is 9.14. The minimum absolute atomic E-state index is 0.262. The predicted molar refractivity (Wildman–Crippen MR) is 79.7 cm³/mol. The van der Waals surface area contributed by atoms with E-state index < -0.39 is 0 Å². The molecule has 0 bridgehead atoms. The molecule has 19 heavy (non-hydrogen) atoms. The average molecular weight is 259 g/mol. The van der Waals surface area contributed by atoms with Gasteiger partial charge >= 0.3 is 0 Å². The maximum Gasteiger partial charge on any atom is 0.177 e. The minimum Gasteiger partial charge on any atom is -0.293 e. The van der Waals surface area contributed by atoms with Gasteiger partial charge in [-0.25, -0.2) is 0 Å². The molecule has 1 heterocycles. The first-order valence-corrected chi connectivity index (χ1v) is 7.35. The summed E-state index contributed by atoms with van der Waals surface area (Å²) in [5.74, 6) is 0.262. The maximum atomic E-state index is 12.5. The number of ketones is 1. The monoisotopic (exact) mass is 259 g/mol. The first kappa shape index (κ1) is 14.3. The molecule has 2 atom stereocenters. The van der Waals surface area contributed by atoms with E-state index >= 15 is 0 Å². The Hall–Kier alpha value is -1.15. The van der Waals surface area contributed by atoms with Crippen molar-refractivity contribution in [3.8, 4) is 0 Å². The quantitative estimate of drug-likeness (QED) is 0.771. The standard InChI is InChI=1S/C17H25NO/c1-12-8-9-16(13(2)10-12)17(19)11-18-14(3)6-5-7-15(18)4/h8-10,14-15H,5-7,11H2,1-4H3/t14-,15+. The summed E-state index contributed by atoms with van der Waals surface area (Å²) in [5.41, 5.74) is 3.20. The molecule has 0 aromatic heterocycles. The first-order chi connectivity index (χ1) is 8.99. The van der Waals surface area contributed by atoms with E-state index in [1.54, 1.807) is 0 Å². The summed E-state index contributed by atoms with van der Waals surface area (Å²) < 4.78 is 0. The van der Waals surface area contributed by atoms with E-state index in [4.69, 9.17) is 0 Å². The number of aryl methyl sites for hydroxylation is 2. The second-order valence-electron chi connectivity index (χ2n) is 6.04. The van der Waals surface area contributed by atoms with Crippen LogP contribution in [0, 0.1) is 13.8 Å². The molecule has 1 aromatic rings. The molecule has 1 fully saturated rings. The number of carbonyl (C=O) groups excluding carboxylic acids is 1. The molecule has 2 rings (SSSR count). The number of piperidine rings is 1. The minimum atomic E-state index is 0.262. The van der Waals surface area contributed by atoms with Gasteiger partial charge in [-0.2, -0.15) is 0 Å². The molecular weight excluding hydrogens is 234 g/mol. The highest BCUT2D eigenvalue weighted by molar-refractivity contribution is 5.99. The van der Waals surface area contributed by atoms with Crippen LogP contribution in [0.25, 0.3) is 0 Å². The fraction of sp³-hybridized carbons (Fsp3) is 0.588. The molecule has 0 radical (unpaired) electrons. The van der Waals surface area contributed by atoms with E-state index in [1.165, 1.54) is 24.8 Å². The lowest BCUT2D eigenvalue weighted by Crippen LogP contribution is -2.46. The molecule has 0 unspecified atom stereocenters. The van der Waals surface area contributed by atoms with E-state index in [0.29, 0.717) is 18.6 Å². The second-order valence-corrected chi connectivity index (χ2v) is 6.04. The van der Waals surface area contributed by atoms with Gasteiger partial charge in [-0.1, -0.05) is 30.2 Å². The van der Waals surface area contributed by atoms with Crippen molar-refractivity contribution in [1.29, 1.82) is 0 Å². The smallest absolute Gasteiger partial charge is 0.177 e. The highest BCUT2D eigenvalue weighted by Crippen LogP contribution is 2.23. The van der Waals surface area contributed by atoms with Gasteiger partial charge in [0.15, 0.2) is 5.78 Å². The highest BCUT2D eigenvalue weighted by atomic mass is 16.1. The number of hydrogen-bond acceptors (Lipinski definition) is 2. The van der Waals surface area contributed by atoms with Crippen molar-refractivity contribution in [2.45, 2.75) is 59.0 Å². The van der Waals surface area contributed by atoms with Crippen LogP contribution in [0.4, 0.5) is 0 Å². The summed E-state index contributed by atoms with van der Waals surface area (Å²) in [6.07, 6.45) is 3.71. The number of nitrogens with zero attached hydrogens (tertiary/aromatic N) is 1. The Kier molecular flexibility index (Phi) is 4.41. The van der Waals surface area contributed by atoms with Gasteiger partial charge in [-0.15, -0.1) is 0 Å². The third-order valence-corrected chi connectivity index (χ3v) is 4.38. The Morgan fingerprint density at radius 2 is 1.84 bits per heavy atom. The molecule has 2 heteroatoms. The molecular formula is C17H25NO. The van der Waals surface area contributed by atoms with Crippen LogP contribution in [0.3, 0.4) is 0 Å². The number of Topliss-reactive ketones (excluding diaryl/α,β-unsaturated/α-hetero) is 1. The molecule has 0 N–H and O–H groups in total. The number of rotatable bonds is 3. The van der Waals surface area contributed by atoms with E-state index in [9.17, 15) is 4.79 Å². The van der Waals surface area contributed by atoms with Crippen LogP contribution in [-0.2, 0) is 0 Å². The molecule has 1 aliphatic rings. The molecule has 1 saturated heterocycles. The van der Waals surface area contributed by atoms with Crippen LogP contribution in [-0.4, -0.2) is 29.3 Å². The number of carbonyl (C=O) groups is 1. The predicted octanol–water partition coefficient (Wildman–Crippen LogP) is 3.75. The fourth-order valence-electron chi connectivity index (χ4n) is 3.16. The molecule has 104 valence electrons. The third-order valence-electron chi connectivity index (χ3n) is 4.38. The van der Waals surface area contributed by atoms with E-state index in [1.807, 2.05) is 19.1 Å². The van der Waals surface area contributed by atoms with Gasteiger partial charge in [0.2, 0.25) is 0 Å². The van der Waals surface area contributed by atoms with Crippen LogP contribution in [0.2, 0.25) is 0 Å². The number of likely N-dealkylation sites (tertiary alicyclic amines) is 1. The van der Waals surface area contributed by atoms with Crippen molar-refractivity contribution in [1.82, 2.24) is 4.90 Å². The SMILES string of the molecule is Cc1ccc(C(=O)CN2[C@H](C)CCC[C@@H]2C)c(C)c1. The molecule has 1 aromatic carbocycles. The van der Waals surface area contributed by atoms with Crippen LogP contribution >= 0.6 is 0 Å². The van der Waals surface area contributed by atoms with Crippen molar-refractivity contribution >= 4 is 5.78 Å². The Balaban J connectivity index is 2.11. The van der Waals surface area contributed by atoms with Gasteiger partial charge in [0.05, 0.1) is 6.54 Å². The first-order valence-electron chi connectivity index (χ1n) is 7.35. The summed E-state index contributed by atoms with van der Waals surface area (Å²) in [5, 5.41) is 0. The van der Waals surface area contributed by atoms with Crippen LogP contribution in [0.15, 0.2) is 18.2 Å². The summed E-state index contributed by atoms with van der Waals surface area (Å²) in [4.78, 5) is 14.9.